The summed E-state index contributed by atoms with van der Waals surface area (Å²) >= 11 is 0. The van der Waals surface area contributed by atoms with E-state index in [4.69, 9.17) is 11.5 Å². The van der Waals surface area contributed by atoms with Gasteiger partial charge in [0.15, 0.2) is 0 Å². The molecule has 1 aromatic heterocycles. The minimum absolute atomic E-state index is 0.382. The van der Waals surface area contributed by atoms with Crippen molar-refractivity contribution in [2.45, 2.75) is 0 Å². The molecule has 158 valence electrons. The van der Waals surface area contributed by atoms with Gasteiger partial charge in [0.2, 0.25) is 17.7 Å². The van der Waals surface area contributed by atoms with Crippen molar-refractivity contribution in [2.24, 2.45) is 11.5 Å². The average Bonchev–Trinajstić information content (AvgIpc) is 3.16. The Morgan fingerprint density at radius 3 is 2.16 bits per heavy atom. The lowest BCUT2D eigenvalue weighted by molar-refractivity contribution is -0.134. The zero-order valence-electron chi connectivity index (χ0n) is 16.4. The molecule has 0 saturated heterocycles. The standard InChI is InChI=1S/C22H20FN5O3/c23-17-9-6-15(7-10-17)22-16(12-28(26-22)18-4-2-1-3-5-18)8-11-21(31)27(13-19(24)29)14-20(25)30/h1-12H,13-14H2,(H2,24,29)(H2,25,30). The van der Waals surface area contributed by atoms with Gasteiger partial charge in [-0.3, -0.25) is 14.4 Å². The van der Waals surface area contributed by atoms with Crippen LogP contribution in [0.2, 0.25) is 0 Å². The third-order valence-electron chi connectivity index (χ3n) is 4.29. The number of benzene rings is 2. The SMILES string of the molecule is NC(=O)CN(CC(N)=O)C(=O)C=Cc1cn(-c2ccccc2)nc1-c1ccc(F)cc1. The molecule has 0 radical (unpaired) electrons. The molecule has 2 aromatic carbocycles. The van der Waals surface area contributed by atoms with Crippen molar-refractivity contribution in [3.8, 4) is 16.9 Å². The smallest absolute Gasteiger partial charge is 0.247 e. The molecule has 0 aliphatic carbocycles. The maximum atomic E-state index is 13.4. The molecule has 1 heterocycles. The summed E-state index contributed by atoms with van der Waals surface area (Å²) in [5, 5.41) is 4.57. The van der Waals surface area contributed by atoms with Crippen LogP contribution >= 0.6 is 0 Å². The lowest BCUT2D eigenvalue weighted by atomic mass is 10.1. The van der Waals surface area contributed by atoms with Crippen molar-refractivity contribution < 1.29 is 18.8 Å². The summed E-state index contributed by atoms with van der Waals surface area (Å²) in [6.45, 7) is -0.888. The number of hydrogen-bond acceptors (Lipinski definition) is 4. The van der Waals surface area contributed by atoms with Gasteiger partial charge in [0.25, 0.3) is 0 Å². The summed E-state index contributed by atoms with van der Waals surface area (Å²) in [6, 6.07) is 15.1. The molecular formula is C22H20FN5O3. The summed E-state index contributed by atoms with van der Waals surface area (Å²) in [6.07, 6.45) is 4.41. The van der Waals surface area contributed by atoms with E-state index >= 15 is 0 Å². The zero-order valence-corrected chi connectivity index (χ0v) is 16.4. The molecule has 8 nitrogen and oxygen atoms in total. The Morgan fingerprint density at radius 1 is 0.968 bits per heavy atom. The fraction of sp³-hybridized carbons (Fsp3) is 0.0909. The largest absolute Gasteiger partial charge is 0.368 e. The highest BCUT2D eigenvalue weighted by molar-refractivity contribution is 5.97. The number of para-hydroxylation sites is 1. The van der Waals surface area contributed by atoms with E-state index in [2.05, 4.69) is 5.10 Å². The first-order valence-corrected chi connectivity index (χ1v) is 9.28. The van der Waals surface area contributed by atoms with Crippen LogP contribution in [0.5, 0.6) is 0 Å². The molecule has 3 rings (SSSR count). The number of carbonyl (C=O) groups is 3. The van der Waals surface area contributed by atoms with E-state index in [1.807, 2.05) is 30.3 Å². The Morgan fingerprint density at radius 2 is 1.58 bits per heavy atom. The molecule has 3 amide bonds. The molecule has 0 spiro atoms. The number of primary amides is 2. The Labute approximate surface area is 177 Å². The average molecular weight is 421 g/mol. The molecule has 0 atom stereocenters. The normalized spacial score (nSPS) is 10.9. The molecule has 31 heavy (non-hydrogen) atoms. The second kappa shape index (κ2) is 9.49. The highest BCUT2D eigenvalue weighted by Crippen LogP contribution is 2.25. The van der Waals surface area contributed by atoms with Crippen LogP contribution in [0.25, 0.3) is 23.0 Å². The van der Waals surface area contributed by atoms with Crippen LogP contribution in [0.3, 0.4) is 0 Å². The summed E-state index contributed by atoms with van der Waals surface area (Å²) in [5.74, 6) is -2.54. The van der Waals surface area contributed by atoms with Crippen LogP contribution in [0, 0.1) is 5.82 Å². The van der Waals surface area contributed by atoms with Gasteiger partial charge in [-0.2, -0.15) is 5.10 Å². The number of halogens is 1. The molecule has 0 fully saturated rings. The highest BCUT2D eigenvalue weighted by Gasteiger charge is 2.17. The third kappa shape index (κ3) is 5.63. The van der Waals surface area contributed by atoms with E-state index in [1.165, 1.54) is 24.3 Å². The van der Waals surface area contributed by atoms with Gasteiger partial charge in [0.05, 0.1) is 11.4 Å². The van der Waals surface area contributed by atoms with Gasteiger partial charge in [-0.1, -0.05) is 18.2 Å². The topological polar surface area (TPSA) is 124 Å². The van der Waals surface area contributed by atoms with E-state index in [-0.39, 0.29) is 5.82 Å². The van der Waals surface area contributed by atoms with Gasteiger partial charge in [-0.25, -0.2) is 9.07 Å². The molecule has 0 unspecified atom stereocenters. The number of amides is 3. The van der Waals surface area contributed by atoms with Crippen LogP contribution in [-0.4, -0.2) is 45.5 Å². The van der Waals surface area contributed by atoms with Crippen molar-refractivity contribution in [2.75, 3.05) is 13.1 Å². The molecule has 3 aromatic rings. The lowest BCUT2D eigenvalue weighted by Crippen LogP contribution is -2.42. The van der Waals surface area contributed by atoms with Gasteiger partial charge in [0, 0.05) is 23.4 Å². The van der Waals surface area contributed by atoms with Crippen LogP contribution in [0.4, 0.5) is 4.39 Å². The van der Waals surface area contributed by atoms with Crippen molar-refractivity contribution in [1.29, 1.82) is 0 Å². The van der Waals surface area contributed by atoms with Crippen molar-refractivity contribution >= 4 is 23.8 Å². The summed E-state index contributed by atoms with van der Waals surface area (Å²) < 4.78 is 15.0. The monoisotopic (exact) mass is 421 g/mol. The Bertz CT molecular complexity index is 1110. The molecule has 0 saturated carbocycles. The second-order valence-electron chi connectivity index (χ2n) is 6.68. The minimum Gasteiger partial charge on any atom is -0.368 e. The van der Waals surface area contributed by atoms with Crippen LogP contribution in [0.1, 0.15) is 5.56 Å². The molecule has 9 heteroatoms. The van der Waals surface area contributed by atoms with Gasteiger partial charge < -0.3 is 16.4 Å². The Kier molecular flexibility index (Phi) is 6.56. The van der Waals surface area contributed by atoms with E-state index in [1.54, 1.807) is 23.0 Å². The molecule has 0 aliphatic heterocycles. The quantitative estimate of drug-likeness (QED) is 0.535. The number of carbonyl (C=O) groups excluding carboxylic acids is 3. The fourth-order valence-electron chi connectivity index (χ4n) is 2.91. The fourth-order valence-corrected chi connectivity index (χ4v) is 2.91. The number of hydrogen-bond donors (Lipinski definition) is 2. The van der Waals surface area contributed by atoms with E-state index in [0.29, 0.717) is 16.8 Å². The van der Waals surface area contributed by atoms with Gasteiger partial charge in [0.1, 0.15) is 18.9 Å². The number of aromatic nitrogens is 2. The molecule has 4 N–H and O–H groups in total. The highest BCUT2D eigenvalue weighted by atomic mass is 19.1. The van der Waals surface area contributed by atoms with E-state index in [0.717, 1.165) is 10.6 Å². The summed E-state index contributed by atoms with van der Waals surface area (Å²) in [5.41, 5.74) is 12.8. The first-order valence-electron chi connectivity index (χ1n) is 9.28. The minimum atomic E-state index is -0.771. The van der Waals surface area contributed by atoms with Crippen LogP contribution in [-0.2, 0) is 14.4 Å². The van der Waals surface area contributed by atoms with Gasteiger partial charge >= 0.3 is 0 Å². The van der Waals surface area contributed by atoms with Gasteiger partial charge in [-0.15, -0.1) is 0 Å². The van der Waals surface area contributed by atoms with Gasteiger partial charge in [-0.05, 0) is 42.5 Å². The van der Waals surface area contributed by atoms with E-state index in [9.17, 15) is 18.8 Å². The van der Waals surface area contributed by atoms with E-state index < -0.39 is 30.8 Å². The first kappa shape index (κ1) is 21.4. The third-order valence-corrected chi connectivity index (χ3v) is 4.29. The summed E-state index contributed by atoms with van der Waals surface area (Å²) in [7, 11) is 0. The predicted molar refractivity (Wildman–Crippen MR) is 113 cm³/mol. The van der Waals surface area contributed by atoms with Crippen molar-refractivity contribution in [1.82, 2.24) is 14.7 Å². The Hall–Kier alpha value is -4.27. The van der Waals surface area contributed by atoms with Crippen molar-refractivity contribution in [3.63, 3.8) is 0 Å². The first-order chi connectivity index (χ1) is 14.8. The predicted octanol–water partition coefficient (Wildman–Crippen LogP) is 1.49. The second-order valence-corrected chi connectivity index (χ2v) is 6.68. The van der Waals surface area contributed by atoms with Crippen LogP contribution in [0.15, 0.2) is 66.9 Å². The lowest BCUT2D eigenvalue weighted by Gasteiger charge is -2.17. The maximum Gasteiger partial charge on any atom is 0.247 e. The van der Waals surface area contributed by atoms with Crippen molar-refractivity contribution in [3.05, 3.63) is 78.3 Å². The molecule has 0 aliphatic rings. The maximum absolute atomic E-state index is 13.4. The number of nitrogens with two attached hydrogens (primary N) is 2. The number of rotatable bonds is 8. The molecule has 0 bridgehead atoms. The Balaban J connectivity index is 1.97. The zero-order chi connectivity index (χ0) is 22.4. The summed E-state index contributed by atoms with van der Waals surface area (Å²) in [4.78, 5) is 35.9. The number of nitrogens with zero attached hydrogens (tertiary/aromatic N) is 3. The van der Waals surface area contributed by atoms with Crippen LogP contribution < -0.4 is 11.5 Å². The molecular weight excluding hydrogens is 401 g/mol.